The van der Waals surface area contributed by atoms with Gasteiger partial charge in [-0.1, -0.05) is 0 Å². The number of rotatable bonds is 1. The van der Waals surface area contributed by atoms with Crippen LogP contribution in [0.4, 0.5) is 10.1 Å². The second-order valence-electron chi connectivity index (χ2n) is 7.19. The zero-order chi connectivity index (χ0) is 19.6. The van der Waals surface area contributed by atoms with E-state index in [1.807, 2.05) is 17.9 Å². The third-order valence-electron chi connectivity index (χ3n) is 5.29. The Hall–Kier alpha value is -2.33. The van der Waals surface area contributed by atoms with Gasteiger partial charge in [0, 0.05) is 29.2 Å². The Morgan fingerprint density at radius 2 is 2.04 bits per heavy atom. The van der Waals surface area contributed by atoms with E-state index in [2.05, 4.69) is 32.9 Å². The predicted octanol–water partition coefficient (Wildman–Crippen LogP) is 2.47. The van der Waals surface area contributed by atoms with E-state index >= 15 is 0 Å². The van der Waals surface area contributed by atoms with Crippen LogP contribution in [0.5, 0.6) is 0 Å². The third kappa shape index (κ3) is 2.58. The lowest BCUT2D eigenvalue weighted by molar-refractivity contribution is 0.103. The molecule has 0 saturated carbocycles. The molecule has 1 aromatic heterocycles. The molecule has 6 nitrogen and oxygen atoms in total. The zero-order valence-corrected chi connectivity index (χ0v) is 17.2. The molecule has 2 aliphatic heterocycles. The topological polar surface area (TPSA) is 67.2 Å². The number of ketones is 1. The van der Waals surface area contributed by atoms with Gasteiger partial charge in [-0.2, -0.15) is 0 Å². The van der Waals surface area contributed by atoms with Crippen LogP contribution in [0.3, 0.4) is 0 Å². The van der Waals surface area contributed by atoms with Crippen molar-refractivity contribution in [2.75, 3.05) is 24.5 Å². The van der Waals surface area contributed by atoms with Crippen molar-refractivity contribution in [3.63, 3.8) is 0 Å². The highest BCUT2D eigenvalue weighted by atomic mass is 127. The number of nitrogens with one attached hydrogen (secondary N) is 1. The van der Waals surface area contributed by atoms with Gasteiger partial charge in [0.05, 0.1) is 27.8 Å². The zero-order valence-electron chi connectivity index (χ0n) is 15.0. The first-order valence-corrected chi connectivity index (χ1v) is 10.1. The van der Waals surface area contributed by atoms with Gasteiger partial charge in [-0.25, -0.2) is 9.37 Å². The first-order valence-electron chi connectivity index (χ1n) is 9.03. The molecule has 0 amide bonds. The number of anilines is 1. The van der Waals surface area contributed by atoms with E-state index in [0.29, 0.717) is 35.5 Å². The summed E-state index contributed by atoms with van der Waals surface area (Å²) in [5, 5.41) is 3.50. The van der Waals surface area contributed by atoms with Crippen molar-refractivity contribution in [1.29, 1.82) is 0 Å². The van der Waals surface area contributed by atoms with Gasteiger partial charge in [-0.3, -0.25) is 14.2 Å². The molecule has 3 heterocycles. The van der Waals surface area contributed by atoms with Crippen molar-refractivity contribution in [2.24, 2.45) is 0 Å². The molecule has 5 rings (SSSR count). The average molecular weight is 490 g/mol. The summed E-state index contributed by atoms with van der Waals surface area (Å²) in [5.41, 5.74) is 1.28. The number of benzene rings is 2. The van der Waals surface area contributed by atoms with Gasteiger partial charge < -0.3 is 10.2 Å². The smallest absolute Gasteiger partial charge is 0.266 e. The van der Waals surface area contributed by atoms with Crippen LogP contribution in [0.15, 0.2) is 35.1 Å². The molecule has 1 unspecified atom stereocenters. The summed E-state index contributed by atoms with van der Waals surface area (Å²) in [6.45, 7) is 4.12. The van der Waals surface area contributed by atoms with E-state index < -0.39 is 11.4 Å². The summed E-state index contributed by atoms with van der Waals surface area (Å²) in [5.74, 6) is -0.650. The molecule has 1 N–H and O–H groups in total. The van der Waals surface area contributed by atoms with Gasteiger partial charge >= 0.3 is 0 Å². The normalized spacial score (nSPS) is 18.5. The molecule has 2 aromatic carbocycles. The maximum atomic E-state index is 14.9. The highest BCUT2D eigenvalue weighted by Gasteiger charge is 2.31. The molecular formula is C20H16FIN4O2. The van der Waals surface area contributed by atoms with Gasteiger partial charge in [0.15, 0.2) is 5.82 Å². The lowest BCUT2D eigenvalue weighted by Crippen LogP contribution is -2.49. The number of hydrogen-bond donors (Lipinski definition) is 1. The van der Waals surface area contributed by atoms with Crippen molar-refractivity contribution in [1.82, 2.24) is 14.9 Å². The molecule has 1 atom stereocenters. The standard InChI is InChI=1S/C20H16FIN4O2/c1-10-9-25(5-4-23-10)17-8-15-12(7-14(17)21)20(28)26-16-3-2-11(22)6-13(16)18(27)19(26)24-15/h2-3,6-8,10,23H,4-5,9H2,1H3. The number of fused-ring (bicyclic) bond motifs is 4. The number of piperazine rings is 1. The Morgan fingerprint density at radius 3 is 2.82 bits per heavy atom. The first kappa shape index (κ1) is 17.7. The minimum absolute atomic E-state index is 0.0840. The van der Waals surface area contributed by atoms with E-state index in [1.54, 1.807) is 18.2 Å². The van der Waals surface area contributed by atoms with Crippen LogP contribution in [0, 0.1) is 9.39 Å². The number of aromatic nitrogens is 2. The number of hydrogen-bond acceptors (Lipinski definition) is 5. The Balaban J connectivity index is 1.72. The van der Waals surface area contributed by atoms with Crippen LogP contribution in [-0.4, -0.2) is 41.0 Å². The summed E-state index contributed by atoms with van der Waals surface area (Å²) in [6.07, 6.45) is 0. The maximum Gasteiger partial charge on any atom is 0.266 e. The molecule has 142 valence electrons. The van der Waals surface area contributed by atoms with E-state index in [0.717, 1.165) is 10.1 Å². The van der Waals surface area contributed by atoms with Crippen LogP contribution in [0.25, 0.3) is 16.6 Å². The fourth-order valence-corrected chi connectivity index (χ4v) is 4.46. The van der Waals surface area contributed by atoms with E-state index in [1.165, 1.54) is 10.6 Å². The van der Waals surface area contributed by atoms with Gasteiger partial charge in [0.2, 0.25) is 5.78 Å². The average Bonchev–Trinajstić information content (AvgIpc) is 2.94. The summed E-state index contributed by atoms with van der Waals surface area (Å²) in [6, 6.07) is 8.37. The molecule has 0 aliphatic carbocycles. The van der Waals surface area contributed by atoms with Crippen LogP contribution in [0.1, 0.15) is 23.1 Å². The van der Waals surface area contributed by atoms with Crippen molar-refractivity contribution >= 4 is 45.0 Å². The molecule has 0 spiro atoms. The van der Waals surface area contributed by atoms with Crippen molar-refractivity contribution in [2.45, 2.75) is 13.0 Å². The Morgan fingerprint density at radius 1 is 1.21 bits per heavy atom. The van der Waals surface area contributed by atoms with E-state index in [4.69, 9.17) is 0 Å². The molecule has 1 fully saturated rings. The highest BCUT2D eigenvalue weighted by Crippen LogP contribution is 2.30. The fourth-order valence-electron chi connectivity index (χ4n) is 3.97. The molecular weight excluding hydrogens is 474 g/mol. The first-order chi connectivity index (χ1) is 13.4. The van der Waals surface area contributed by atoms with E-state index in [9.17, 15) is 14.0 Å². The molecule has 2 aliphatic rings. The van der Waals surface area contributed by atoms with Gasteiger partial charge in [-0.05, 0) is 59.8 Å². The Kier molecular flexibility index (Phi) is 4.02. The van der Waals surface area contributed by atoms with Gasteiger partial charge in [0.25, 0.3) is 5.56 Å². The molecule has 8 heteroatoms. The SMILES string of the molecule is CC1CN(c2cc3nc4n(c(=O)c3cc2F)-c2ccc(I)cc2C4=O)CCN1. The Bertz CT molecular complexity index is 1220. The predicted molar refractivity (Wildman–Crippen MR) is 113 cm³/mol. The summed E-state index contributed by atoms with van der Waals surface area (Å²) in [7, 11) is 0. The molecule has 0 radical (unpaired) electrons. The largest absolute Gasteiger partial charge is 0.366 e. The van der Waals surface area contributed by atoms with Gasteiger partial charge in [0.1, 0.15) is 5.82 Å². The third-order valence-corrected chi connectivity index (χ3v) is 5.96. The second-order valence-corrected chi connectivity index (χ2v) is 8.43. The maximum absolute atomic E-state index is 14.9. The second kappa shape index (κ2) is 6.35. The number of halogens is 2. The highest BCUT2D eigenvalue weighted by molar-refractivity contribution is 14.1. The van der Waals surface area contributed by atoms with Crippen LogP contribution >= 0.6 is 22.6 Å². The fraction of sp³-hybridized carbons (Fsp3) is 0.250. The molecule has 1 saturated heterocycles. The van der Waals surface area contributed by atoms with Crippen molar-refractivity contribution in [3.8, 4) is 5.69 Å². The summed E-state index contributed by atoms with van der Waals surface area (Å²) < 4.78 is 17.1. The monoisotopic (exact) mass is 490 g/mol. The molecule has 0 bridgehead atoms. The van der Waals surface area contributed by atoms with Gasteiger partial charge in [-0.15, -0.1) is 0 Å². The van der Waals surface area contributed by atoms with Crippen molar-refractivity contribution in [3.05, 3.63) is 61.5 Å². The summed E-state index contributed by atoms with van der Waals surface area (Å²) >= 11 is 2.12. The minimum Gasteiger partial charge on any atom is -0.366 e. The van der Waals surface area contributed by atoms with Crippen LogP contribution in [0.2, 0.25) is 0 Å². The molecule has 3 aromatic rings. The number of nitrogens with zero attached hydrogens (tertiary/aromatic N) is 3. The van der Waals surface area contributed by atoms with E-state index in [-0.39, 0.29) is 23.0 Å². The quantitative estimate of drug-likeness (QED) is 0.416. The minimum atomic E-state index is -0.451. The van der Waals surface area contributed by atoms with Crippen LogP contribution < -0.4 is 15.8 Å². The molecule has 28 heavy (non-hydrogen) atoms. The number of carbonyl (C=O) groups excluding carboxylic acids is 1. The lowest BCUT2D eigenvalue weighted by atomic mass is 10.1. The van der Waals surface area contributed by atoms with Crippen LogP contribution in [-0.2, 0) is 0 Å². The number of carbonyl (C=O) groups is 1. The Labute approximate surface area is 173 Å². The van der Waals surface area contributed by atoms with Crippen molar-refractivity contribution < 1.29 is 9.18 Å². The lowest BCUT2D eigenvalue weighted by Gasteiger charge is -2.33. The summed E-state index contributed by atoms with van der Waals surface area (Å²) in [4.78, 5) is 32.3.